The minimum absolute atomic E-state index is 0.0232. The maximum Gasteiger partial charge on any atom is 0.272 e. The van der Waals surface area contributed by atoms with Crippen LogP contribution in [0.2, 0.25) is 0 Å². The van der Waals surface area contributed by atoms with Gasteiger partial charge in [0.25, 0.3) is 17.5 Å². The van der Waals surface area contributed by atoms with Gasteiger partial charge in [-0.25, -0.2) is 0 Å². The summed E-state index contributed by atoms with van der Waals surface area (Å²) in [4.78, 5) is 49.9. The number of methoxy groups -OCH3 is 1. The molecule has 0 saturated heterocycles. The third-order valence-electron chi connectivity index (χ3n) is 6.14. The van der Waals surface area contributed by atoms with Crippen molar-refractivity contribution in [3.63, 3.8) is 0 Å². The highest BCUT2D eigenvalue weighted by molar-refractivity contribution is 8.00. The van der Waals surface area contributed by atoms with Crippen LogP contribution in [0.1, 0.15) is 21.5 Å². The molecule has 0 aliphatic rings. The van der Waals surface area contributed by atoms with E-state index in [1.165, 1.54) is 37.1 Å². The summed E-state index contributed by atoms with van der Waals surface area (Å²) in [6.07, 6.45) is 1.55. The smallest absolute Gasteiger partial charge is 0.272 e. The highest BCUT2D eigenvalue weighted by Gasteiger charge is 2.16. The average molecular weight is 597 g/mol. The molecule has 0 spiro atoms. The number of non-ortho nitro benzene ring substituents is 1. The monoisotopic (exact) mass is 596 g/mol. The fourth-order valence-corrected chi connectivity index (χ4v) is 4.65. The Bertz CT molecular complexity index is 1670. The second kappa shape index (κ2) is 14.5. The first-order valence-corrected chi connectivity index (χ1v) is 14.0. The van der Waals surface area contributed by atoms with Crippen molar-refractivity contribution in [3.05, 3.63) is 130 Å². The summed E-state index contributed by atoms with van der Waals surface area (Å²) < 4.78 is 5.39. The molecule has 0 aliphatic heterocycles. The van der Waals surface area contributed by atoms with Crippen molar-refractivity contribution < 1.29 is 24.0 Å². The number of hydrogen-bond acceptors (Lipinski definition) is 7. The van der Waals surface area contributed by atoms with Gasteiger partial charge >= 0.3 is 0 Å². The number of nitrogens with one attached hydrogen (secondary N) is 3. The quantitative estimate of drug-likeness (QED) is 0.0829. The van der Waals surface area contributed by atoms with Crippen LogP contribution in [-0.2, 0) is 9.59 Å². The van der Waals surface area contributed by atoms with E-state index in [1.807, 2.05) is 0 Å². The van der Waals surface area contributed by atoms with Gasteiger partial charge in [0.15, 0.2) is 0 Å². The number of amides is 3. The van der Waals surface area contributed by atoms with Gasteiger partial charge in [-0.15, -0.1) is 11.8 Å². The van der Waals surface area contributed by atoms with Crippen molar-refractivity contribution in [2.45, 2.75) is 11.8 Å². The number of carbonyl (C=O) groups is 3. The van der Waals surface area contributed by atoms with Crippen molar-refractivity contribution >= 4 is 52.6 Å². The number of carbonyl (C=O) groups excluding carboxylic acids is 3. The largest absolute Gasteiger partial charge is 0.496 e. The van der Waals surface area contributed by atoms with Gasteiger partial charge in [0.05, 0.1) is 17.8 Å². The van der Waals surface area contributed by atoms with Crippen molar-refractivity contribution in [2.24, 2.45) is 0 Å². The lowest BCUT2D eigenvalue weighted by atomic mass is 10.1. The third-order valence-corrected chi connectivity index (χ3v) is 7.16. The number of nitrogens with zero attached hydrogens (tertiary/aromatic N) is 1. The molecular weight excluding hydrogens is 568 g/mol. The van der Waals surface area contributed by atoms with Crippen LogP contribution in [0.15, 0.2) is 108 Å². The molecule has 4 rings (SSSR count). The summed E-state index contributed by atoms with van der Waals surface area (Å²) in [5, 5.41) is 19.2. The lowest BCUT2D eigenvalue weighted by Crippen LogP contribution is -2.30. The first-order valence-electron chi connectivity index (χ1n) is 13.0. The third kappa shape index (κ3) is 8.54. The van der Waals surface area contributed by atoms with Crippen molar-refractivity contribution in [1.29, 1.82) is 0 Å². The van der Waals surface area contributed by atoms with Gasteiger partial charge in [0.2, 0.25) is 5.91 Å². The summed E-state index contributed by atoms with van der Waals surface area (Å²) in [5.41, 5.74) is 2.57. The Balaban J connectivity index is 1.41. The maximum atomic E-state index is 13.3. The first-order chi connectivity index (χ1) is 20.7. The summed E-state index contributed by atoms with van der Waals surface area (Å²) in [6, 6.07) is 26.8. The van der Waals surface area contributed by atoms with Gasteiger partial charge in [-0.3, -0.25) is 24.5 Å². The molecule has 218 valence electrons. The predicted octanol–water partition coefficient (Wildman–Crippen LogP) is 6.05. The summed E-state index contributed by atoms with van der Waals surface area (Å²) >= 11 is 1.29. The van der Waals surface area contributed by atoms with E-state index in [2.05, 4.69) is 16.0 Å². The molecule has 0 aliphatic carbocycles. The van der Waals surface area contributed by atoms with Gasteiger partial charge in [0, 0.05) is 39.5 Å². The molecule has 43 heavy (non-hydrogen) atoms. The Kier molecular flexibility index (Phi) is 10.3. The van der Waals surface area contributed by atoms with Crippen LogP contribution < -0.4 is 20.7 Å². The zero-order valence-corrected chi connectivity index (χ0v) is 24.1. The number of thioether (sulfide) groups is 1. The van der Waals surface area contributed by atoms with Crippen LogP contribution in [-0.4, -0.2) is 35.5 Å². The number of nitro groups is 1. The minimum atomic E-state index is -0.534. The van der Waals surface area contributed by atoms with E-state index in [0.717, 1.165) is 4.90 Å². The van der Waals surface area contributed by atoms with Gasteiger partial charge in [-0.05, 0) is 67.1 Å². The number of rotatable bonds is 11. The molecule has 0 unspecified atom stereocenters. The number of para-hydroxylation sites is 1. The molecule has 0 atom stereocenters. The van der Waals surface area contributed by atoms with E-state index < -0.39 is 16.7 Å². The van der Waals surface area contributed by atoms with E-state index in [9.17, 15) is 24.5 Å². The van der Waals surface area contributed by atoms with Crippen molar-refractivity contribution in [1.82, 2.24) is 5.32 Å². The number of ether oxygens (including phenoxy) is 1. The zero-order valence-electron chi connectivity index (χ0n) is 23.3. The van der Waals surface area contributed by atoms with E-state index >= 15 is 0 Å². The molecule has 11 heteroatoms. The summed E-state index contributed by atoms with van der Waals surface area (Å²) in [7, 11) is 1.52. The fourth-order valence-electron chi connectivity index (χ4n) is 3.95. The topological polar surface area (TPSA) is 140 Å². The van der Waals surface area contributed by atoms with Gasteiger partial charge in [-0.1, -0.05) is 36.4 Å². The SMILES string of the molecule is COc1ccccc1/C=C(\NC(=O)c1ccccc1)C(=O)Nc1ccc(SCC(=O)Nc2ccc([N+](=O)[O-])cc2C)cc1. The van der Waals surface area contributed by atoms with Crippen LogP contribution in [0.4, 0.5) is 17.1 Å². The Morgan fingerprint density at radius 3 is 2.28 bits per heavy atom. The minimum Gasteiger partial charge on any atom is -0.496 e. The average Bonchev–Trinajstić information content (AvgIpc) is 3.01. The Labute approximate surface area is 252 Å². The lowest BCUT2D eigenvalue weighted by Gasteiger charge is -2.13. The fraction of sp³-hybridized carbons (Fsp3) is 0.0938. The van der Waals surface area contributed by atoms with Crippen LogP contribution >= 0.6 is 11.8 Å². The summed E-state index contributed by atoms with van der Waals surface area (Å²) in [5.74, 6) is -0.589. The Morgan fingerprint density at radius 2 is 1.60 bits per heavy atom. The Morgan fingerprint density at radius 1 is 0.907 bits per heavy atom. The molecule has 10 nitrogen and oxygen atoms in total. The molecular formula is C32H28N4O6S. The highest BCUT2D eigenvalue weighted by atomic mass is 32.2. The van der Waals surface area contributed by atoms with E-state index in [4.69, 9.17) is 4.74 Å². The summed E-state index contributed by atoms with van der Waals surface area (Å²) in [6.45, 7) is 1.69. The molecule has 3 N–H and O–H groups in total. The standard InChI is InChI=1S/C32H28N4O6S/c1-21-18-25(36(40)41)14-17-27(21)34-30(37)20-43-26-15-12-24(13-16-26)33-32(39)28(19-23-10-6-7-11-29(23)42-2)35-31(38)22-8-4-3-5-9-22/h3-19H,20H2,1-2H3,(H,33,39)(H,34,37)(H,35,38)/b28-19-. The number of anilines is 2. The molecule has 0 heterocycles. The van der Waals surface area contributed by atoms with E-state index in [0.29, 0.717) is 33.8 Å². The van der Waals surface area contributed by atoms with Crippen LogP contribution in [0, 0.1) is 17.0 Å². The molecule has 0 fully saturated rings. The first kappa shape index (κ1) is 30.5. The highest BCUT2D eigenvalue weighted by Crippen LogP contribution is 2.24. The molecule has 4 aromatic carbocycles. The van der Waals surface area contributed by atoms with Crippen molar-refractivity contribution in [2.75, 3.05) is 23.5 Å². The second-order valence-electron chi connectivity index (χ2n) is 9.19. The van der Waals surface area contributed by atoms with Crippen LogP contribution in [0.25, 0.3) is 6.08 Å². The number of hydrogen-bond donors (Lipinski definition) is 3. The van der Waals surface area contributed by atoms with Gasteiger partial charge < -0.3 is 20.7 Å². The molecule has 0 saturated carbocycles. The number of nitro benzene ring substituents is 1. The van der Waals surface area contributed by atoms with Crippen LogP contribution in [0.5, 0.6) is 5.75 Å². The van der Waals surface area contributed by atoms with Crippen LogP contribution in [0.3, 0.4) is 0 Å². The second-order valence-corrected chi connectivity index (χ2v) is 10.2. The molecule has 3 amide bonds. The lowest BCUT2D eigenvalue weighted by molar-refractivity contribution is -0.384. The molecule has 0 aromatic heterocycles. The molecule has 0 radical (unpaired) electrons. The van der Waals surface area contributed by atoms with E-state index in [1.54, 1.807) is 91.9 Å². The molecule has 4 aromatic rings. The van der Waals surface area contributed by atoms with E-state index in [-0.39, 0.29) is 23.0 Å². The maximum absolute atomic E-state index is 13.3. The number of benzene rings is 4. The van der Waals surface area contributed by atoms with Crippen molar-refractivity contribution in [3.8, 4) is 5.75 Å². The molecule has 0 bridgehead atoms. The zero-order chi connectivity index (χ0) is 30.8. The van der Waals surface area contributed by atoms with Gasteiger partial charge in [0.1, 0.15) is 11.4 Å². The Hall–Kier alpha value is -5.42. The predicted molar refractivity (Wildman–Crippen MR) is 167 cm³/mol. The normalized spacial score (nSPS) is 10.9. The number of aryl methyl sites for hydroxylation is 1. The van der Waals surface area contributed by atoms with Gasteiger partial charge in [-0.2, -0.15) is 0 Å².